The number of allylic oxidation sites excluding steroid dienone is 1. The maximum atomic E-state index is 3.78. The summed E-state index contributed by atoms with van der Waals surface area (Å²) in [5.41, 5.74) is 0. The molecule has 12 heavy (non-hydrogen) atoms. The largest absolute Gasteiger partial charge is 0.103 e. The summed E-state index contributed by atoms with van der Waals surface area (Å²) in [5.74, 6) is 2.53. The van der Waals surface area contributed by atoms with E-state index in [1.807, 2.05) is 6.08 Å². The third kappa shape index (κ3) is 4.58. The zero-order chi connectivity index (χ0) is 9.56. The first-order valence-corrected chi connectivity index (χ1v) is 5.22. The van der Waals surface area contributed by atoms with Gasteiger partial charge in [-0.3, -0.25) is 0 Å². The van der Waals surface area contributed by atoms with Crippen LogP contribution in [0.2, 0.25) is 0 Å². The highest BCUT2D eigenvalue weighted by Crippen LogP contribution is 2.23. The predicted octanol–water partition coefficient (Wildman–Crippen LogP) is 4.27. The first-order valence-electron chi connectivity index (χ1n) is 5.22. The smallest absolute Gasteiger partial charge is 0.0325 e. The van der Waals surface area contributed by atoms with Crippen LogP contribution in [0.3, 0.4) is 0 Å². The van der Waals surface area contributed by atoms with Crippen molar-refractivity contribution in [2.24, 2.45) is 17.8 Å². The molecule has 3 unspecified atom stereocenters. The summed E-state index contributed by atoms with van der Waals surface area (Å²) >= 11 is 0. The van der Waals surface area contributed by atoms with Crippen LogP contribution in [0, 0.1) is 17.8 Å². The minimum Gasteiger partial charge on any atom is -0.103 e. The molecule has 0 fully saturated rings. The lowest BCUT2D eigenvalue weighted by Crippen LogP contribution is -2.10. The lowest BCUT2D eigenvalue weighted by molar-refractivity contribution is 0.311. The Morgan fingerprint density at radius 3 is 2.17 bits per heavy atom. The fraction of sp³-hybridized carbons (Fsp3) is 0.833. The molecule has 0 aromatic carbocycles. The summed E-state index contributed by atoms with van der Waals surface area (Å²) in [6.45, 7) is 13.1. The van der Waals surface area contributed by atoms with E-state index in [0.29, 0.717) is 0 Å². The molecule has 3 atom stereocenters. The van der Waals surface area contributed by atoms with Gasteiger partial charge in [0.15, 0.2) is 0 Å². The number of hydrogen-bond donors (Lipinski definition) is 0. The van der Waals surface area contributed by atoms with Gasteiger partial charge in [0.1, 0.15) is 0 Å². The Bertz CT molecular complexity index is 115. The van der Waals surface area contributed by atoms with Gasteiger partial charge in [0.05, 0.1) is 0 Å². The van der Waals surface area contributed by atoms with Crippen molar-refractivity contribution in [2.75, 3.05) is 0 Å². The molecule has 0 aromatic rings. The minimum absolute atomic E-state index is 0.802. The van der Waals surface area contributed by atoms with Gasteiger partial charge in [0, 0.05) is 0 Å². The molecule has 0 rings (SSSR count). The van der Waals surface area contributed by atoms with E-state index in [0.717, 1.165) is 24.2 Å². The molecule has 0 aromatic heterocycles. The monoisotopic (exact) mass is 168 g/mol. The normalized spacial score (nSPS) is 18.3. The van der Waals surface area contributed by atoms with Gasteiger partial charge < -0.3 is 0 Å². The fourth-order valence-corrected chi connectivity index (χ4v) is 1.53. The van der Waals surface area contributed by atoms with Crippen molar-refractivity contribution < 1.29 is 0 Å². The predicted molar refractivity (Wildman–Crippen MR) is 57.2 cm³/mol. The summed E-state index contributed by atoms with van der Waals surface area (Å²) in [6, 6.07) is 0. The standard InChI is InChI=1S/C12H24/c1-6-8-11(4)12(5)9-10(3)7-2/h6,10-12H,1,7-9H2,2-5H3. The maximum Gasteiger partial charge on any atom is -0.0325 e. The molecule has 0 heteroatoms. The van der Waals surface area contributed by atoms with Crippen LogP contribution in [0.25, 0.3) is 0 Å². The fourth-order valence-electron chi connectivity index (χ4n) is 1.53. The third-order valence-electron chi connectivity index (χ3n) is 2.98. The Morgan fingerprint density at radius 2 is 1.75 bits per heavy atom. The number of rotatable bonds is 6. The van der Waals surface area contributed by atoms with E-state index in [9.17, 15) is 0 Å². The van der Waals surface area contributed by atoms with Crippen LogP contribution in [0.15, 0.2) is 12.7 Å². The van der Waals surface area contributed by atoms with Crippen molar-refractivity contribution in [3.8, 4) is 0 Å². The Morgan fingerprint density at radius 1 is 1.17 bits per heavy atom. The quantitative estimate of drug-likeness (QED) is 0.519. The molecule has 0 aliphatic rings. The van der Waals surface area contributed by atoms with Gasteiger partial charge in [-0.25, -0.2) is 0 Å². The molecule has 0 bridgehead atoms. The van der Waals surface area contributed by atoms with Gasteiger partial charge in [-0.1, -0.05) is 40.2 Å². The zero-order valence-electron chi connectivity index (χ0n) is 9.14. The van der Waals surface area contributed by atoms with Crippen LogP contribution < -0.4 is 0 Å². The molecule has 0 heterocycles. The van der Waals surface area contributed by atoms with Crippen molar-refractivity contribution in [3.63, 3.8) is 0 Å². The second-order valence-corrected chi connectivity index (χ2v) is 4.23. The van der Waals surface area contributed by atoms with Crippen LogP contribution in [-0.2, 0) is 0 Å². The second-order valence-electron chi connectivity index (χ2n) is 4.23. The first kappa shape index (κ1) is 11.7. The van der Waals surface area contributed by atoms with Gasteiger partial charge >= 0.3 is 0 Å². The first-order chi connectivity index (χ1) is 5.61. The molecule has 0 spiro atoms. The van der Waals surface area contributed by atoms with Gasteiger partial charge in [-0.2, -0.15) is 0 Å². The highest BCUT2D eigenvalue weighted by Gasteiger charge is 2.12. The molecule has 0 nitrogen and oxygen atoms in total. The third-order valence-corrected chi connectivity index (χ3v) is 2.98. The van der Waals surface area contributed by atoms with E-state index in [2.05, 4.69) is 34.3 Å². The van der Waals surface area contributed by atoms with E-state index in [4.69, 9.17) is 0 Å². The summed E-state index contributed by atoms with van der Waals surface area (Å²) < 4.78 is 0. The molecule has 0 N–H and O–H groups in total. The molecular weight excluding hydrogens is 144 g/mol. The lowest BCUT2D eigenvalue weighted by atomic mass is 9.85. The van der Waals surface area contributed by atoms with E-state index >= 15 is 0 Å². The molecule has 0 radical (unpaired) electrons. The van der Waals surface area contributed by atoms with Gasteiger partial charge in [0.25, 0.3) is 0 Å². The molecule has 0 aliphatic carbocycles. The van der Waals surface area contributed by atoms with Crippen molar-refractivity contribution in [1.82, 2.24) is 0 Å². The van der Waals surface area contributed by atoms with Crippen molar-refractivity contribution in [2.45, 2.75) is 47.0 Å². The van der Waals surface area contributed by atoms with Crippen LogP contribution in [0.1, 0.15) is 47.0 Å². The van der Waals surface area contributed by atoms with Crippen molar-refractivity contribution >= 4 is 0 Å². The van der Waals surface area contributed by atoms with Gasteiger partial charge in [-0.05, 0) is 30.6 Å². The van der Waals surface area contributed by atoms with E-state index < -0.39 is 0 Å². The zero-order valence-corrected chi connectivity index (χ0v) is 9.14. The van der Waals surface area contributed by atoms with Crippen molar-refractivity contribution in [3.05, 3.63) is 12.7 Å². The average Bonchev–Trinajstić information content (AvgIpc) is 2.04. The minimum atomic E-state index is 0.802. The molecule has 0 aliphatic heterocycles. The Balaban J connectivity index is 3.69. The number of hydrogen-bond acceptors (Lipinski definition) is 0. The Labute approximate surface area is 78.1 Å². The SMILES string of the molecule is C=CCC(C)C(C)CC(C)CC. The lowest BCUT2D eigenvalue weighted by Gasteiger charge is -2.21. The summed E-state index contributed by atoms with van der Waals surface area (Å²) in [5, 5.41) is 0. The van der Waals surface area contributed by atoms with Gasteiger partial charge in [-0.15, -0.1) is 6.58 Å². The second kappa shape index (κ2) is 6.28. The molecule has 0 saturated heterocycles. The van der Waals surface area contributed by atoms with Crippen LogP contribution in [-0.4, -0.2) is 0 Å². The van der Waals surface area contributed by atoms with E-state index in [1.165, 1.54) is 12.8 Å². The molecular formula is C12H24. The Hall–Kier alpha value is -0.260. The highest BCUT2D eigenvalue weighted by atomic mass is 14.2. The molecule has 0 saturated carbocycles. The topological polar surface area (TPSA) is 0 Å². The molecule has 0 amide bonds. The summed E-state index contributed by atoms with van der Waals surface area (Å²) in [4.78, 5) is 0. The summed E-state index contributed by atoms with van der Waals surface area (Å²) in [7, 11) is 0. The van der Waals surface area contributed by atoms with Gasteiger partial charge in [0.2, 0.25) is 0 Å². The molecule has 72 valence electrons. The van der Waals surface area contributed by atoms with Crippen LogP contribution in [0.5, 0.6) is 0 Å². The van der Waals surface area contributed by atoms with Crippen LogP contribution in [0.4, 0.5) is 0 Å². The highest BCUT2D eigenvalue weighted by molar-refractivity contribution is 4.74. The van der Waals surface area contributed by atoms with Crippen LogP contribution >= 0.6 is 0 Å². The van der Waals surface area contributed by atoms with E-state index in [1.54, 1.807) is 0 Å². The maximum absolute atomic E-state index is 3.78. The summed E-state index contributed by atoms with van der Waals surface area (Å²) in [6.07, 6.45) is 5.88. The van der Waals surface area contributed by atoms with Crippen molar-refractivity contribution in [1.29, 1.82) is 0 Å². The Kier molecular flexibility index (Phi) is 6.14. The average molecular weight is 168 g/mol. The van der Waals surface area contributed by atoms with E-state index in [-0.39, 0.29) is 0 Å².